The summed E-state index contributed by atoms with van der Waals surface area (Å²) in [6.45, 7) is 5.38. The summed E-state index contributed by atoms with van der Waals surface area (Å²) < 4.78 is 12.1. The van der Waals surface area contributed by atoms with E-state index in [1.807, 2.05) is 45.0 Å². The zero-order valence-corrected chi connectivity index (χ0v) is 22.0. The molecule has 1 atom stereocenters. The second kappa shape index (κ2) is 10.8. The van der Waals surface area contributed by atoms with Gasteiger partial charge in [-0.3, -0.25) is 14.5 Å². The Labute approximate surface area is 220 Å². The van der Waals surface area contributed by atoms with Crippen LogP contribution in [0.25, 0.3) is 11.0 Å². The Morgan fingerprint density at radius 2 is 1.79 bits per heavy atom. The molecule has 198 valence electrons. The van der Waals surface area contributed by atoms with Crippen LogP contribution in [0, 0.1) is 0 Å². The summed E-state index contributed by atoms with van der Waals surface area (Å²) in [6, 6.07) is 17.7. The van der Waals surface area contributed by atoms with Crippen LogP contribution in [0.3, 0.4) is 0 Å². The van der Waals surface area contributed by atoms with Gasteiger partial charge < -0.3 is 19.9 Å². The van der Waals surface area contributed by atoms with Crippen LogP contribution >= 0.6 is 0 Å². The van der Waals surface area contributed by atoms with Gasteiger partial charge in [-0.25, -0.2) is 4.68 Å². The molecule has 0 aliphatic heterocycles. The third kappa shape index (κ3) is 5.69. The molecule has 0 fully saturated rings. The molecular weight excluding hydrogens is 486 g/mol. The number of carbonyl (C=O) groups is 2. The molecule has 0 spiro atoms. The number of aromatic hydroxyl groups is 1. The fourth-order valence-electron chi connectivity index (χ4n) is 4.17. The van der Waals surface area contributed by atoms with Gasteiger partial charge >= 0.3 is 0 Å². The van der Waals surface area contributed by atoms with Crippen LogP contribution in [-0.2, 0) is 16.1 Å². The van der Waals surface area contributed by atoms with Gasteiger partial charge in [0, 0.05) is 17.3 Å². The van der Waals surface area contributed by atoms with Crippen LogP contribution in [0.5, 0.6) is 17.2 Å². The predicted molar refractivity (Wildman–Crippen MR) is 143 cm³/mol. The number of para-hydroxylation sites is 1. The maximum absolute atomic E-state index is 14.1. The van der Waals surface area contributed by atoms with E-state index in [0.717, 1.165) is 0 Å². The number of nitrogens with zero attached hydrogens (tertiary/aromatic N) is 4. The molecule has 0 bridgehead atoms. The summed E-state index contributed by atoms with van der Waals surface area (Å²) in [5.41, 5.74) is 1.57. The molecule has 10 nitrogen and oxygen atoms in total. The molecule has 4 rings (SSSR count). The molecule has 0 saturated carbocycles. The van der Waals surface area contributed by atoms with E-state index < -0.39 is 23.4 Å². The SMILES string of the molecule is COc1cccc(N(C(=O)Cn2nnc3ccccc32)C(C(=O)NC(C)(C)C)c2ccc(OC)c(O)c2)c1. The van der Waals surface area contributed by atoms with E-state index >= 15 is 0 Å². The van der Waals surface area contributed by atoms with Crippen molar-refractivity contribution in [3.8, 4) is 17.2 Å². The molecule has 1 aromatic heterocycles. The van der Waals surface area contributed by atoms with Gasteiger partial charge in [0.2, 0.25) is 11.8 Å². The summed E-state index contributed by atoms with van der Waals surface area (Å²) in [5.74, 6) is -0.241. The molecular formula is C28H31N5O5. The van der Waals surface area contributed by atoms with Crippen LogP contribution in [0.15, 0.2) is 66.7 Å². The number of ether oxygens (including phenoxy) is 2. The topological polar surface area (TPSA) is 119 Å². The minimum absolute atomic E-state index is 0.154. The van der Waals surface area contributed by atoms with Crippen LogP contribution in [-0.4, -0.2) is 51.7 Å². The standard InChI is InChI=1S/C28H31N5O5/c1-28(2,3)29-27(36)26(18-13-14-24(38-5)23(34)15-18)33(19-9-8-10-20(16-19)37-4)25(35)17-32-22-12-7-6-11-21(22)30-31-32/h6-16,26,34H,17H2,1-5H3,(H,29,36). The minimum Gasteiger partial charge on any atom is -0.504 e. The first-order valence-corrected chi connectivity index (χ1v) is 12.0. The van der Waals surface area contributed by atoms with E-state index in [4.69, 9.17) is 9.47 Å². The Morgan fingerprint density at radius 3 is 2.47 bits per heavy atom. The van der Waals surface area contributed by atoms with E-state index in [1.165, 1.54) is 29.9 Å². The normalized spacial score (nSPS) is 12.1. The lowest BCUT2D eigenvalue weighted by Crippen LogP contribution is -2.50. The van der Waals surface area contributed by atoms with Gasteiger partial charge in [-0.05, 0) is 62.7 Å². The predicted octanol–water partition coefficient (Wildman–Crippen LogP) is 3.84. The number of phenols is 1. The average Bonchev–Trinajstić information content (AvgIpc) is 3.28. The first-order chi connectivity index (χ1) is 18.1. The van der Waals surface area contributed by atoms with Crippen molar-refractivity contribution in [3.05, 3.63) is 72.3 Å². The molecule has 2 amide bonds. The number of aromatic nitrogens is 3. The highest BCUT2D eigenvalue weighted by Gasteiger charge is 2.35. The smallest absolute Gasteiger partial charge is 0.249 e. The molecule has 0 aliphatic rings. The van der Waals surface area contributed by atoms with E-state index in [1.54, 1.807) is 36.4 Å². The molecule has 38 heavy (non-hydrogen) atoms. The Bertz CT molecular complexity index is 1460. The van der Waals surface area contributed by atoms with Gasteiger partial charge in [0.15, 0.2) is 11.5 Å². The van der Waals surface area contributed by atoms with Crippen molar-refractivity contribution in [2.24, 2.45) is 0 Å². The number of amides is 2. The van der Waals surface area contributed by atoms with Gasteiger partial charge in [0.25, 0.3) is 0 Å². The summed E-state index contributed by atoms with van der Waals surface area (Å²) in [5, 5.41) is 21.8. The van der Waals surface area contributed by atoms with E-state index in [0.29, 0.717) is 28.0 Å². The maximum Gasteiger partial charge on any atom is 0.249 e. The first kappa shape index (κ1) is 26.5. The number of methoxy groups -OCH3 is 2. The van der Waals surface area contributed by atoms with Gasteiger partial charge in [-0.1, -0.05) is 29.5 Å². The van der Waals surface area contributed by atoms with Crippen molar-refractivity contribution >= 4 is 28.5 Å². The number of phenolic OH excluding ortho intramolecular Hbond substituents is 1. The number of benzene rings is 3. The molecule has 4 aromatic rings. The number of nitrogens with one attached hydrogen (secondary N) is 1. The largest absolute Gasteiger partial charge is 0.504 e. The number of anilines is 1. The number of fused-ring (bicyclic) bond motifs is 1. The van der Waals surface area contributed by atoms with Gasteiger partial charge in [-0.15, -0.1) is 5.10 Å². The lowest BCUT2D eigenvalue weighted by molar-refractivity contribution is -0.128. The van der Waals surface area contributed by atoms with Gasteiger partial charge in [0.1, 0.15) is 23.9 Å². The van der Waals surface area contributed by atoms with Crippen LogP contribution in [0.2, 0.25) is 0 Å². The summed E-state index contributed by atoms with van der Waals surface area (Å²) in [7, 11) is 2.96. The minimum atomic E-state index is -1.14. The molecule has 10 heteroatoms. The second-order valence-electron chi connectivity index (χ2n) is 9.77. The van der Waals surface area contributed by atoms with Gasteiger partial charge in [0.05, 0.1) is 19.7 Å². The number of rotatable bonds is 8. The molecule has 3 aromatic carbocycles. The molecule has 0 aliphatic carbocycles. The highest BCUT2D eigenvalue weighted by molar-refractivity contribution is 6.02. The van der Waals surface area contributed by atoms with Crippen molar-refractivity contribution < 1.29 is 24.2 Å². The molecule has 0 radical (unpaired) electrons. The fraction of sp³-hybridized carbons (Fsp3) is 0.286. The van der Waals surface area contributed by atoms with Crippen molar-refractivity contribution in [1.82, 2.24) is 20.3 Å². The Kier molecular flexibility index (Phi) is 7.52. The average molecular weight is 518 g/mol. The zero-order valence-electron chi connectivity index (χ0n) is 22.0. The monoisotopic (exact) mass is 517 g/mol. The molecule has 1 unspecified atom stereocenters. The Hall–Kier alpha value is -4.60. The Balaban J connectivity index is 1.86. The third-order valence-electron chi connectivity index (χ3n) is 5.83. The number of hydrogen-bond acceptors (Lipinski definition) is 7. The second-order valence-corrected chi connectivity index (χ2v) is 9.77. The summed E-state index contributed by atoms with van der Waals surface area (Å²) in [4.78, 5) is 29.3. The Morgan fingerprint density at radius 1 is 1.03 bits per heavy atom. The number of hydrogen-bond donors (Lipinski definition) is 2. The van der Waals surface area contributed by atoms with E-state index in [-0.39, 0.29) is 18.0 Å². The first-order valence-electron chi connectivity index (χ1n) is 12.0. The fourth-order valence-corrected chi connectivity index (χ4v) is 4.17. The molecule has 2 N–H and O–H groups in total. The zero-order chi connectivity index (χ0) is 27.4. The van der Waals surface area contributed by atoms with E-state index in [2.05, 4.69) is 15.6 Å². The third-order valence-corrected chi connectivity index (χ3v) is 5.83. The highest BCUT2D eigenvalue weighted by Crippen LogP contribution is 2.35. The maximum atomic E-state index is 14.1. The summed E-state index contributed by atoms with van der Waals surface area (Å²) >= 11 is 0. The van der Waals surface area contributed by atoms with Crippen molar-refractivity contribution in [2.45, 2.75) is 38.9 Å². The summed E-state index contributed by atoms with van der Waals surface area (Å²) in [6.07, 6.45) is 0. The van der Waals surface area contributed by atoms with Crippen LogP contribution in [0.1, 0.15) is 32.4 Å². The van der Waals surface area contributed by atoms with Crippen molar-refractivity contribution in [2.75, 3.05) is 19.1 Å². The van der Waals surface area contributed by atoms with Crippen molar-refractivity contribution in [3.63, 3.8) is 0 Å². The number of carbonyl (C=O) groups excluding carboxylic acids is 2. The van der Waals surface area contributed by atoms with Crippen LogP contribution in [0.4, 0.5) is 5.69 Å². The van der Waals surface area contributed by atoms with E-state index in [9.17, 15) is 14.7 Å². The quantitative estimate of drug-likeness (QED) is 0.364. The van der Waals surface area contributed by atoms with Gasteiger partial charge in [-0.2, -0.15) is 0 Å². The highest BCUT2D eigenvalue weighted by atomic mass is 16.5. The molecule has 0 saturated heterocycles. The van der Waals surface area contributed by atoms with Crippen molar-refractivity contribution in [1.29, 1.82) is 0 Å². The lowest BCUT2D eigenvalue weighted by atomic mass is 10.00. The lowest BCUT2D eigenvalue weighted by Gasteiger charge is -2.34. The van der Waals surface area contributed by atoms with Crippen LogP contribution < -0.4 is 19.7 Å². The molecule has 1 heterocycles.